The predicted octanol–water partition coefficient (Wildman–Crippen LogP) is 3.09. The van der Waals surface area contributed by atoms with Crippen molar-refractivity contribution in [2.45, 2.75) is 16.2 Å². The van der Waals surface area contributed by atoms with Crippen molar-refractivity contribution in [1.29, 1.82) is 5.26 Å². The first kappa shape index (κ1) is 8.37. The topological polar surface area (TPSA) is 23.8 Å². The van der Waals surface area contributed by atoms with Crippen LogP contribution in [0, 0.1) is 11.3 Å². The summed E-state index contributed by atoms with van der Waals surface area (Å²) in [6, 6.07) is 5.86. The quantitative estimate of drug-likeness (QED) is 0.664. The first-order valence-electron chi connectivity index (χ1n) is 3.45. The molecule has 2 unspecified atom stereocenters. The molecule has 1 heterocycles. The zero-order chi connectivity index (χ0) is 8.82. The summed E-state index contributed by atoms with van der Waals surface area (Å²) >= 11 is 13.7. The van der Waals surface area contributed by atoms with Gasteiger partial charge in [0.25, 0.3) is 0 Å². The van der Waals surface area contributed by atoms with Gasteiger partial charge in [-0.15, -0.1) is 34.5 Å². The highest BCUT2D eigenvalue weighted by Gasteiger charge is 2.69. The molecule has 1 aliphatic carbocycles. The van der Waals surface area contributed by atoms with Gasteiger partial charge in [0.15, 0.2) is 4.87 Å². The number of halogens is 2. The maximum Gasteiger partial charge on any atom is 0.157 e. The molecule has 1 aromatic heterocycles. The minimum atomic E-state index is -0.876. The van der Waals surface area contributed by atoms with Crippen LogP contribution in [0.15, 0.2) is 17.5 Å². The Hall–Kier alpha value is -0.230. The van der Waals surface area contributed by atoms with E-state index in [2.05, 4.69) is 0 Å². The SMILES string of the molecule is N#CC1(Cl)CC1(Cl)c1cccs1. The van der Waals surface area contributed by atoms with Gasteiger partial charge in [-0.3, -0.25) is 0 Å². The van der Waals surface area contributed by atoms with Crippen molar-refractivity contribution >= 4 is 34.5 Å². The van der Waals surface area contributed by atoms with E-state index in [0.717, 1.165) is 4.88 Å². The van der Waals surface area contributed by atoms with Crippen LogP contribution in [0.3, 0.4) is 0 Å². The van der Waals surface area contributed by atoms with Crippen LogP contribution in [0.1, 0.15) is 11.3 Å². The van der Waals surface area contributed by atoms with Gasteiger partial charge >= 0.3 is 0 Å². The van der Waals surface area contributed by atoms with E-state index < -0.39 is 9.75 Å². The van der Waals surface area contributed by atoms with Gasteiger partial charge < -0.3 is 0 Å². The fourth-order valence-electron chi connectivity index (χ4n) is 1.21. The van der Waals surface area contributed by atoms with Gasteiger partial charge in [0.05, 0.1) is 6.07 Å². The summed E-state index contributed by atoms with van der Waals surface area (Å²) in [5.41, 5.74) is 0. The Morgan fingerprint density at radius 2 is 2.33 bits per heavy atom. The Balaban J connectivity index is 2.36. The van der Waals surface area contributed by atoms with Crippen molar-refractivity contribution in [1.82, 2.24) is 0 Å². The average molecular weight is 218 g/mol. The molecule has 0 spiro atoms. The molecule has 12 heavy (non-hydrogen) atoms. The molecule has 0 radical (unpaired) electrons. The summed E-state index contributed by atoms with van der Waals surface area (Å²) in [4.78, 5) is -0.516. The van der Waals surface area contributed by atoms with Gasteiger partial charge in [0, 0.05) is 11.3 Å². The highest BCUT2D eigenvalue weighted by Crippen LogP contribution is 2.65. The van der Waals surface area contributed by atoms with Crippen LogP contribution in [-0.4, -0.2) is 4.87 Å². The average Bonchev–Trinajstić information content (AvgIpc) is 2.56. The first-order valence-corrected chi connectivity index (χ1v) is 5.09. The molecule has 1 saturated carbocycles. The smallest absolute Gasteiger partial charge is 0.157 e. The van der Waals surface area contributed by atoms with Crippen molar-refractivity contribution < 1.29 is 0 Å². The number of nitrogens with zero attached hydrogens (tertiary/aromatic N) is 1. The molecule has 1 nitrogen and oxygen atoms in total. The van der Waals surface area contributed by atoms with E-state index in [9.17, 15) is 0 Å². The van der Waals surface area contributed by atoms with E-state index in [1.807, 2.05) is 23.6 Å². The second-order valence-corrected chi connectivity index (χ2v) is 5.11. The van der Waals surface area contributed by atoms with Crippen LogP contribution in [0.4, 0.5) is 0 Å². The number of nitriles is 1. The fourth-order valence-corrected chi connectivity index (χ4v) is 2.97. The van der Waals surface area contributed by atoms with Gasteiger partial charge in [-0.1, -0.05) is 6.07 Å². The molecule has 0 saturated heterocycles. The predicted molar refractivity (Wildman–Crippen MR) is 50.7 cm³/mol. The molecular weight excluding hydrogens is 213 g/mol. The molecule has 4 heteroatoms. The molecular formula is C8H5Cl2NS. The molecule has 0 N–H and O–H groups in total. The largest absolute Gasteiger partial charge is 0.196 e. The number of thiophene rings is 1. The molecule has 1 aliphatic rings. The second kappa shape index (κ2) is 2.38. The molecule has 2 rings (SSSR count). The van der Waals surface area contributed by atoms with Crippen LogP contribution in [-0.2, 0) is 4.87 Å². The van der Waals surface area contributed by atoms with Crippen molar-refractivity contribution in [3.63, 3.8) is 0 Å². The number of hydrogen-bond acceptors (Lipinski definition) is 2. The zero-order valence-electron chi connectivity index (χ0n) is 6.05. The van der Waals surface area contributed by atoms with E-state index in [1.54, 1.807) is 11.3 Å². The molecule has 1 fully saturated rings. The van der Waals surface area contributed by atoms with E-state index >= 15 is 0 Å². The fraction of sp³-hybridized carbons (Fsp3) is 0.375. The maximum absolute atomic E-state index is 8.74. The maximum atomic E-state index is 8.74. The van der Waals surface area contributed by atoms with Gasteiger partial charge in [0.1, 0.15) is 4.87 Å². The van der Waals surface area contributed by atoms with Crippen LogP contribution in [0.25, 0.3) is 0 Å². The minimum absolute atomic E-state index is 0.542. The van der Waals surface area contributed by atoms with Gasteiger partial charge in [-0.05, 0) is 11.4 Å². The van der Waals surface area contributed by atoms with Gasteiger partial charge in [-0.2, -0.15) is 5.26 Å². The van der Waals surface area contributed by atoms with Crippen molar-refractivity contribution in [2.24, 2.45) is 0 Å². The van der Waals surface area contributed by atoms with Crippen LogP contribution in [0.5, 0.6) is 0 Å². The Bertz CT molecular complexity index is 342. The van der Waals surface area contributed by atoms with Crippen LogP contribution in [0.2, 0.25) is 0 Å². The summed E-state index contributed by atoms with van der Waals surface area (Å²) in [6.07, 6.45) is 0.542. The van der Waals surface area contributed by atoms with E-state index in [4.69, 9.17) is 28.5 Å². The minimum Gasteiger partial charge on any atom is -0.196 e. The lowest BCUT2D eigenvalue weighted by Crippen LogP contribution is -2.08. The summed E-state index contributed by atoms with van der Waals surface area (Å²) in [6.45, 7) is 0. The Morgan fingerprint density at radius 1 is 1.58 bits per heavy atom. The highest BCUT2D eigenvalue weighted by atomic mass is 35.5. The second-order valence-electron chi connectivity index (χ2n) is 2.87. The third-order valence-corrected chi connectivity index (χ3v) is 4.52. The molecule has 62 valence electrons. The number of rotatable bonds is 1. The standard InChI is InChI=1S/C8H5Cl2NS/c9-7(5-11)4-8(7,10)6-2-1-3-12-6/h1-3H,4H2. The number of alkyl halides is 2. The van der Waals surface area contributed by atoms with Crippen molar-refractivity contribution in [2.75, 3.05) is 0 Å². The molecule has 0 bridgehead atoms. The van der Waals surface area contributed by atoms with Crippen LogP contribution >= 0.6 is 34.5 Å². The van der Waals surface area contributed by atoms with E-state index in [-0.39, 0.29) is 0 Å². The lowest BCUT2D eigenvalue weighted by Gasteiger charge is -2.04. The summed E-state index contributed by atoms with van der Waals surface area (Å²) < 4.78 is 0. The Morgan fingerprint density at radius 3 is 2.75 bits per heavy atom. The van der Waals surface area contributed by atoms with Gasteiger partial charge in [-0.25, -0.2) is 0 Å². The summed E-state index contributed by atoms with van der Waals surface area (Å²) in [7, 11) is 0. The third-order valence-electron chi connectivity index (χ3n) is 2.08. The normalized spacial score (nSPS) is 39.1. The van der Waals surface area contributed by atoms with Crippen molar-refractivity contribution in [3.05, 3.63) is 22.4 Å². The van der Waals surface area contributed by atoms with Gasteiger partial charge in [0.2, 0.25) is 0 Å². The highest BCUT2D eigenvalue weighted by molar-refractivity contribution is 7.10. The first-order chi connectivity index (χ1) is 5.62. The van der Waals surface area contributed by atoms with E-state index in [0.29, 0.717) is 6.42 Å². The Labute approximate surface area is 84.5 Å². The zero-order valence-corrected chi connectivity index (χ0v) is 8.38. The molecule has 0 amide bonds. The molecule has 2 atom stereocenters. The summed E-state index contributed by atoms with van der Waals surface area (Å²) in [5, 5.41) is 10.7. The van der Waals surface area contributed by atoms with Crippen LogP contribution < -0.4 is 0 Å². The van der Waals surface area contributed by atoms with E-state index in [1.165, 1.54) is 0 Å². The van der Waals surface area contributed by atoms with Crippen molar-refractivity contribution in [3.8, 4) is 6.07 Å². The lowest BCUT2D eigenvalue weighted by molar-refractivity contribution is 0.987. The molecule has 1 aromatic rings. The number of hydrogen-bond donors (Lipinski definition) is 0. The Kier molecular flexibility index (Phi) is 1.66. The lowest BCUT2D eigenvalue weighted by atomic mass is 10.2. The summed E-state index contributed by atoms with van der Waals surface area (Å²) in [5.74, 6) is 0. The monoisotopic (exact) mass is 217 g/mol. The third kappa shape index (κ3) is 0.908. The molecule has 0 aromatic carbocycles. The molecule has 0 aliphatic heterocycles.